The van der Waals surface area contributed by atoms with Gasteiger partial charge in [-0.25, -0.2) is 4.68 Å². The molecule has 28 heavy (non-hydrogen) atoms. The predicted molar refractivity (Wildman–Crippen MR) is 121 cm³/mol. The third-order valence-corrected chi connectivity index (χ3v) is 5.98. The van der Waals surface area contributed by atoms with Crippen LogP contribution in [-0.4, -0.2) is 15.0 Å². The van der Waals surface area contributed by atoms with Crippen molar-refractivity contribution in [2.24, 2.45) is 0 Å². The van der Waals surface area contributed by atoms with Crippen LogP contribution in [0.25, 0.3) is 0 Å². The number of aromatic nitrogens is 3. The first kappa shape index (κ1) is 22.6. The van der Waals surface area contributed by atoms with E-state index in [4.69, 9.17) is 0 Å². The molecule has 1 saturated carbocycles. The third kappa shape index (κ3) is 8.58. The largest absolute Gasteiger partial charge is 0.249 e. The molecule has 0 spiro atoms. The molecule has 0 N–H and O–H groups in total. The fraction of sp³-hybridized carbons (Fsp3) is 0.680. The van der Waals surface area contributed by atoms with E-state index >= 15 is 0 Å². The lowest BCUT2D eigenvalue weighted by Crippen LogP contribution is -2.10. The Bertz CT molecular complexity index is 566. The highest BCUT2D eigenvalue weighted by molar-refractivity contribution is 5.04. The van der Waals surface area contributed by atoms with E-state index in [9.17, 15) is 0 Å². The molecule has 0 bridgehead atoms. The first-order valence-electron chi connectivity index (χ1n) is 11.6. The summed E-state index contributed by atoms with van der Waals surface area (Å²) in [4.78, 5) is 0. The zero-order chi connectivity index (χ0) is 19.9. The van der Waals surface area contributed by atoms with Gasteiger partial charge in [-0.2, -0.15) is 0 Å². The van der Waals surface area contributed by atoms with Crippen LogP contribution in [0.2, 0.25) is 0 Å². The monoisotopic (exact) mass is 383 g/mol. The van der Waals surface area contributed by atoms with Crippen molar-refractivity contribution in [3.8, 4) is 0 Å². The van der Waals surface area contributed by atoms with Crippen LogP contribution in [0.15, 0.2) is 43.7 Å². The Morgan fingerprint density at radius 3 is 2.32 bits per heavy atom. The number of rotatable bonds is 16. The molecule has 0 aliphatic heterocycles. The van der Waals surface area contributed by atoms with Crippen molar-refractivity contribution in [3.05, 3.63) is 49.4 Å². The molecular weight excluding hydrogens is 342 g/mol. The first-order chi connectivity index (χ1) is 13.8. The van der Waals surface area contributed by atoms with Crippen molar-refractivity contribution in [2.45, 2.75) is 108 Å². The van der Waals surface area contributed by atoms with Gasteiger partial charge in [0.05, 0.1) is 11.7 Å². The Labute approximate surface area is 173 Å². The van der Waals surface area contributed by atoms with Gasteiger partial charge in [0.25, 0.3) is 0 Å². The van der Waals surface area contributed by atoms with Gasteiger partial charge < -0.3 is 0 Å². The molecule has 3 heteroatoms. The van der Waals surface area contributed by atoms with Gasteiger partial charge in [0.15, 0.2) is 0 Å². The summed E-state index contributed by atoms with van der Waals surface area (Å²) in [5, 5.41) is 9.03. The minimum absolute atomic E-state index is 0.464. The van der Waals surface area contributed by atoms with Crippen molar-refractivity contribution in [1.29, 1.82) is 0 Å². The molecule has 2 rings (SSSR count). The lowest BCUT2D eigenvalue weighted by atomic mass is 10.0. The van der Waals surface area contributed by atoms with E-state index in [2.05, 4.69) is 46.5 Å². The maximum absolute atomic E-state index is 4.52. The maximum atomic E-state index is 4.52. The molecule has 1 aromatic heterocycles. The van der Waals surface area contributed by atoms with Gasteiger partial charge in [-0.3, -0.25) is 0 Å². The summed E-state index contributed by atoms with van der Waals surface area (Å²) in [7, 11) is 0. The summed E-state index contributed by atoms with van der Waals surface area (Å²) in [5.74, 6) is 0.647. The summed E-state index contributed by atoms with van der Waals surface area (Å²) in [6.45, 7) is 7.65. The van der Waals surface area contributed by atoms with Gasteiger partial charge >= 0.3 is 0 Å². The lowest BCUT2D eigenvalue weighted by molar-refractivity contribution is 0.384. The normalized spacial score (nSPS) is 16.0. The minimum atomic E-state index is 0.464. The Hall–Kier alpha value is -1.64. The Morgan fingerprint density at radius 2 is 1.57 bits per heavy atom. The summed E-state index contributed by atoms with van der Waals surface area (Å²) >= 11 is 0. The molecule has 1 aliphatic carbocycles. The molecule has 156 valence electrons. The Kier molecular flexibility index (Phi) is 11.6. The smallest absolute Gasteiger partial charge is 0.0858 e. The summed E-state index contributed by atoms with van der Waals surface area (Å²) in [5.41, 5.74) is 1.22. The molecule has 0 saturated heterocycles. The van der Waals surface area contributed by atoms with E-state index in [-0.39, 0.29) is 0 Å². The van der Waals surface area contributed by atoms with Crippen LogP contribution in [0.4, 0.5) is 0 Å². The van der Waals surface area contributed by atoms with Crippen molar-refractivity contribution in [2.75, 3.05) is 0 Å². The van der Waals surface area contributed by atoms with Crippen molar-refractivity contribution >= 4 is 0 Å². The average Bonchev–Trinajstić information content (AvgIpc) is 3.40. The number of nitrogens with zero attached hydrogens (tertiary/aromatic N) is 3. The number of unbranched alkanes of at least 4 members (excludes halogenated alkanes) is 6. The van der Waals surface area contributed by atoms with Gasteiger partial charge in [-0.15, -0.1) is 18.3 Å². The molecule has 0 radical (unpaired) electrons. The zero-order valence-corrected chi connectivity index (χ0v) is 17.9. The highest BCUT2D eigenvalue weighted by Gasteiger charge is 2.21. The first-order valence-corrected chi connectivity index (χ1v) is 11.6. The number of hydrogen-bond acceptors (Lipinski definition) is 2. The van der Waals surface area contributed by atoms with Crippen molar-refractivity contribution in [1.82, 2.24) is 15.0 Å². The molecule has 1 fully saturated rings. The van der Waals surface area contributed by atoms with Crippen molar-refractivity contribution in [3.63, 3.8) is 0 Å². The van der Waals surface area contributed by atoms with Crippen LogP contribution >= 0.6 is 0 Å². The average molecular weight is 384 g/mol. The van der Waals surface area contributed by atoms with Gasteiger partial charge in [0.1, 0.15) is 0 Å². The predicted octanol–water partition coefficient (Wildman–Crippen LogP) is 7.70. The van der Waals surface area contributed by atoms with Crippen molar-refractivity contribution < 1.29 is 0 Å². The zero-order valence-electron chi connectivity index (χ0n) is 17.9. The standard InChI is InChI=1S/C25H41N3/c1-3-5-7-8-9-10-11-12-13-15-21-24(20-14-6-4-2)28-22-25(26-27-28)23-18-16-17-19-23/h3-4,12-13,22-24H,1-2,5-11,14-21H2/b13-12+. The third-order valence-electron chi connectivity index (χ3n) is 5.98. The molecule has 1 heterocycles. The van der Waals surface area contributed by atoms with E-state index in [1.807, 2.05) is 12.2 Å². The summed E-state index contributed by atoms with van der Waals surface area (Å²) in [6, 6.07) is 0.464. The molecule has 1 atom stereocenters. The van der Waals surface area contributed by atoms with Gasteiger partial charge in [0, 0.05) is 12.1 Å². The van der Waals surface area contributed by atoms with Gasteiger partial charge in [0.2, 0.25) is 0 Å². The van der Waals surface area contributed by atoms with Crippen LogP contribution in [0, 0.1) is 0 Å². The number of allylic oxidation sites excluding steroid dienone is 4. The summed E-state index contributed by atoms with van der Waals surface area (Å²) in [6.07, 6.45) is 29.7. The Morgan fingerprint density at radius 1 is 0.893 bits per heavy atom. The van der Waals surface area contributed by atoms with Gasteiger partial charge in [-0.05, 0) is 70.6 Å². The minimum Gasteiger partial charge on any atom is -0.249 e. The molecule has 0 aromatic carbocycles. The topological polar surface area (TPSA) is 30.7 Å². The van der Waals surface area contributed by atoms with Gasteiger partial charge in [-0.1, -0.05) is 55.2 Å². The van der Waals surface area contributed by atoms with Crippen LogP contribution in [0.3, 0.4) is 0 Å². The molecule has 0 amide bonds. The summed E-state index contributed by atoms with van der Waals surface area (Å²) < 4.78 is 2.16. The van der Waals surface area contributed by atoms with E-state index < -0.39 is 0 Å². The molecular formula is C25H41N3. The van der Waals surface area contributed by atoms with E-state index in [1.165, 1.54) is 69.9 Å². The molecule has 1 aliphatic rings. The fourth-order valence-corrected chi connectivity index (χ4v) is 4.21. The molecule has 1 unspecified atom stereocenters. The quantitative estimate of drug-likeness (QED) is 0.216. The molecule has 3 nitrogen and oxygen atoms in total. The van der Waals surface area contributed by atoms with Crippen LogP contribution in [-0.2, 0) is 0 Å². The second-order valence-corrected chi connectivity index (χ2v) is 8.31. The SMILES string of the molecule is C=CCCCCCC/C=C/CCC(CCCC=C)n1cc(C2CCCC2)nn1. The second kappa shape index (κ2) is 14.4. The van der Waals surface area contributed by atoms with Crippen LogP contribution in [0.1, 0.15) is 114 Å². The number of hydrogen-bond donors (Lipinski definition) is 0. The second-order valence-electron chi connectivity index (χ2n) is 8.31. The molecule has 1 aromatic rings. The van der Waals surface area contributed by atoms with Crippen LogP contribution < -0.4 is 0 Å². The Balaban J connectivity index is 1.73. The fourth-order valence-electron chi connectivity index (χ4n) is 4.21. The van der Waals surface area contributed by atoms with Crippen LogP contribution in [0.5, 0.6) is 0 Å². The maximum Gasteiger partial charge on any atom is 0.0858 e. The van der Waals surface area contributed by atoms with E-state index in [1.54, 1.807) is 0 Å². The highest BCUT2D eigenvalue weighted by atomic mass is 15.4. The van der Waals surface area contributed by atoms with E-state index in [0.717, 1.165) is 32.1 Å². The lowest BCUT2D eigenvalue weighted by Gasteiger charge is -2.15. The van der Waals surface area contributed by atoms with E-state index in [0.29, 0.717) is 12.0 Å². The highest BCUT2D eigenvalue weighted by Crippen LogP contribution is 2.33.